The van der Waals surface area contributed by atoms with Gasteiger partial charge in [0.25, 0.3) is 0 Å². The second-order valence-electron chi connectivity index (χ2n) is 3.70. The molecule has 0 heterocycles. The molecule has 96 valence electrons. The summed E-state index contributed by atoms with van der Waals surface area (Å²) >= 11 is 5.99. The van der Waals surface area contributed by atoms with Gasteiger partial charge in [-0.3, -0.25) is 0 Å². The minimum atomic E-state index is -0.970. The number of hydrogen-bond donors (Lipinski definition) is 1. The molecule has 18 heavy (non-hydrogen) atoms. The van der Waals surface area contributed by atoms with Crippen molar-refractivity contribution in [1.82, 2.24) is 0 Å². The summed E-state index contributed by atoms with van der Waals surface area (Å²) in [6, 6.07) is 5.38. The predicted molar refractivity (Wildman–Crippen MR) is 76.2 cm³/mol. The van der Waals surface area contributed by atoms with Crippen LogP contribution in [0, 0.1) is 0 Å². The molecule has 0 aliphatic rings. The number of anilines is 1. The lowest BCUT2D eigenvalue weighted by molar-refractivity contribution is -0.131. The van der Waals surface area contributed by atoms with Crippen LogP contribution in [0.4, 0.5) is 5.69 Å². The fourth-order valence-electron chi connectivity index (χ4n) is 1.65. The van der Waals surface area contributed by atoms with Crippen LogP contribution in [-0.2, 0) is 4.79 Å². The highest BCUT2D eigenvalue weighted by molar-refractivity contribution is 6.31. The molecule has 4 heteroatoms. The fourth-order valence-corrected chi connectivity index (χ4v) is 1.81. The first-order valence-corrected chi connectivity index (χ1v) is 6.02. The molecule has 0 unspecified atom stereocenters. The van der Waals surface area contributed by atoms with E-state index < -0.39 is 5.97 Å². The van der Waals surface area contributed by atoms with Gasteiger partial charge in [-0.15, -0.1) is 6.58 Å². The van der Waals surface area contributed by atoms with Crippen LogP contribution in [0.3, 0.4) is 0 Å². The van der Waals surface area contributed by atoms with E-state index in [0.717, 1.165) is 23.9 Å². The molecule has 0 atom stereocenters. The minimum Gasteiger partial charge on any atom is -0.478 e. The van der Waals surface area contributed by atoms with Crippen LogP contribution in [0.25, 0.3) is 6.08 Å². The normalized spacial score (nSPS) is 10.6. The highest BCUT2D eigenvalue weighted by Gasteiger charge is 2.08. The summed E-state index contributed by atoms with van der Waals surface area (Å²) in [6.45, 7) is 7.21. The zero-order chi connectivity index (χ0) is 13.5. The van der Waals surface area contributed by atoms with Crippen molar-refractivity contribution in [3.05, 3.63) is 47.5 Å². The second-order valence-corrected chi connectivity index (χ2v) is 4.14. The van der Waals surface area contributed by atoms with Gasteiger partial charge < -0.3 is 10.0 Å². The number of hydrogen-bond acceptors (Lipinski definition) is 2. The Morgan fingerprint density at radius 2 is 2.28 bits per heavy atom. The van der Waals surface area contributed by atoms with Gasteiger partial charge in [0, 0.05) is 29.9 Å². The molecule has 0 saturated carbocycles. The van der Waals surface area contributed by atoms with Gasteiger partial charge in [0.15, 0.2) is 0 Å². The lowest BCUT2D eigenvalue weighted by atomic mass is 10.1. The third kappa shape index (κ3) is 3.93. The first-order chi connectivity index (χ1) is 8.58. The van der Waals surface area contributed by atoms with Gasteiger partial charge in [-0.25, -0.2) is 4.79 Å². The van der Waals surface area contributed by atoms with Gasteiger partial charge >= 0.3 is 5.97 Å². The van der Waals surface area contributed by atoms with Gasteiger partial charge in [-0.05, 0) is 30.7 Å². The lowest BCUT2D eigenvalue weighted by Gasteiger charge is -2.23. The van der Waals surface area contributed by atoms with E-state index >= 15 is 0 Å². The van der Waals surface area contributed by atoms with Crippen molar-refractivity contribution < 1.29 is 9.90 Å². The van der Waals surface area contributed by atoms with Crippen molar-refractivity contribution in [3.8, 4) is 0 Å². The zero-order valence-electron chi connectivity index (χ0n) is 10.3. The summed E-state index contributed by atoms with van der Waals surface area (Å²) in [5, 5.41) is 9.30. The highest BCUT2D eigenvalue weighted by Crippen LogP contribution is 2.26. The summed E-state index contributed by atoms with van der Waals surface area (Å²) in [6.07, 6.45) is 4.49. The molecule has 0 fully saturated rings. The highest BCUT2D eigenvalue weighted by atomic mass is 35.5. The van der Waals surface area contributed by atoms with E-state index in [-0.39, 0.29) is 0 Å². The summed E-state index contributed by atoms with van der Waals surface area (Å²) in [5.74, 6) is -0.970. The first-order valence-electron chi connectivity index (χ1n) is 5.65. The Labute approximate surface area is 112 Å². The Balaban J connectivity index is 3.17. The third-order valence-corrected chi connectivity index (χ3v) is 2.70. The van der Waals surface area contributed by atoms with Crippen LogP contribution in [0.2, 0.25) is 5.02 Å². The number of carboxylic acid groups (broad SMARTS) is 1. The molecule has 0 aromatic heterocycles. The maximum atomic E-state index is 10.6. The molecule has 0 aliphatic carbocycles. The predicted octanol–water partition coefficient (Wildman–Crippen LogP) is 3.45. The van der Waals surface area contributed by atoms with E-state index in [2.05, 4.69) is 11.5 Å². The number of benzene rings is 1. The topological polar surface area (TPSA) is 40.5 Å². The molecular formula is C14H16ClNO2. The Morgan fingerprint density at radius 3 is 2.83 bits per heavy atom. The zero-order valence-corrected chi connectivity index (χ0v) is 11.0. The number of carboxylic acids is 1. The molecule has 1 aromatic carbocycles. The van der Waals surface area contributed by atoms with Crippen molar-refractivity contribution in [2.45, 2.75) is 6.92 Å². The third-order valence-electron chi connectivity index (χ3n) is 2.47. The average molecular weight is 266 g/mol. The van der Waals surface area contributed by atoms with Crippen LogP contribution in [0.15, 0.2) is 36.9 Å². The van der Waals surface area contributed by atoms with Crippen molar-refractivity contribution >= 4 is 29.3 Å². The number of likely N-dealkylation sites (N-methyl/N-ethyl adjacent to an activating group) is 1. The van der Waals surface area contributed by atoms with Crippen molar-refractivity contribution in [3.63, 3.8) is 0 Å². The molecule has 0 radical (unpaired) electrons. The maximum absolute atomic E-state index is 10.6. The van der Waals surface area contributed by atoms with Gasteiger partial charge in [-0.2, -0.15) is 0 Å². The van der Waals surface area contributed by atoms with E-state index in [1.807, 2.05) is 19.1 Å². The lowest BCUT2D eigenvalue weighted by Crippen LogP contribution is -2.23. The van der Waals surface area contributed by atoms with Gasteiger partial charge in [0.1, 0.15) is 0 Å². The monoisotopic (exact) mass is 265 g/mol. The Bertz CT molecular complexity index is 469. The molecule has 0 spiro atoms. The Morgan fingerprint density at radius 1 is 1.56 bits per heavy atom. The molecule has 0 aliphatic heterocycles. The molecule has 1 aromatic rings. The van der Waals surface area contributed by atoms with Crippen LogP contribution < -0.4 is 4.90 Å². The van der Waals surface area contributed by atoms with E-state index in [0.29, 0.717) is 11.6 Å². The largest absolute Gasteiger partial charge is 0.478 e. The SMILES string of the molecule is C=CCN(CC)c1cc(Cl)ccc1/C=C/C(=O)O. The smallest absolute Gasteiger partial charge is 0.328 e. The van der Waals surface area contributed by atoms with Gasteiger partial charge in [0.2, 0.25) is 0 Å². The first kappa shape index (κ1) is 14.3. The van der Waals surface area contributed by atoms with Crippen LogP contribution in [0.1, 0.15) is 12.5 Å². The van der Waals surface area contributed by atoms with Gasteiger partial charge in [-0.1, -0.05) is 23.7 Å². The minimum absolute atomic E-state index is 0.625. The quantitative estimate of drug-likeness (QED) is 0.633. The van der Waals surface area contributed by atoms with Gasteiger partial charge in [0.05, 0.1) is 0 Å². The maximum Gasteiger partial charge on any atom is 0.328 e. The summed E-state index contributed by atoms with van der Waals surface area (Å²) in [7, 11) is 0. The van der Waals surface area contributed by atoms with Crippen molar-refractivity contribution in [1.29, 1.82) is 0 Å². The number of carbonyl (C=O) groups is 1. The Kier molecular flexibility index (Phi) is 5.46. The van der Waals surface area contributed by atoms with Crippen molar-refractivity contribution in [2.24, 2.45) is 0 Å². The van der Waals surface area contributed by atoms with E-state index in [1.165, 1.54) is 0 Å². The van der Waals surface area contributed by atoms with Crippen LogP contribution >= 0.6 is 11.6 Å². The number of rotatable bonds is 6. The number of halogens is 1. The van der Waals surface area contributed by atoms with E-state index in [9.17, 15) is 4.79 Å². The molecule has 1 rings (SSSR count). The van der Waals surface area contributed by atoms with Crippen LogP contribution in [-0.4, -0.2) is 24.2 Å². The Hall–Kier alpha value is -1.74. The molecule has 0 saturated heterocycles. The van der Waals surface area contributed by atoms with Crippen molar-refractivity contribution in [2.75, 3.05) is 18.0 Å². The summed E-state index contributed by atoms with van der Waals surface area (Å²) in [4.78, 5) is 12.6. The second kappa shape index (κ2) is 6.87. The molecule has 1 N–H and O–H groups in total. The average Bonchev–Trinajstić information content (AvgIpc) is 2.34. The number of aliphatic carboxylic acids is 1. The molecular weight excluding hydrogens is 250 g/mol. The summed E-state index contributed by atoms with van der Waals surface area (Å²) in [5.41, 5.74) is 1.73. The van der Waals surface area contributed by atoms with E-state index in [1.54, 1.807) is 18.2 Å². The standard InChI is InChI=1S/C14H16ClNO2/c1-3-9-16(4-2)13-10-12(15)7-5-11(13)6-8-14(17)18/h3,5-8,10H,1,4,9H2,2H3,(H,17,18)/b8-6+. The fraction of sp³-hybridized carbons (Fsp3) is 0.214. The summed E-state index contributed by atoms with van der Waals surface area (Å²) < 4.78 is 0. The molecule has 0 amide bonds. The van der Waals surface area contributed by atoms with E-state index in [4.69, 9.17) is 16.7 Å². The molecule has 0 bridgehead atoms. The number of nitrogens with zero attached hydrogens (tertiary/aromatic N) is 1. The van der Waals surface area contributed by atoms with Crippen LogP contribution in [0.5, 0.6) is 0 Å². The molecule has 3 nitrogen and oxygen atoms in total.